The normalized spacial score (nSPS) is 24.7. The summed E-state index contributed by atoms with van der Waals surface area (Å²) in [4.78, 5) is 0. The van der Waals surface area contributed by atoms with Crippen molar-refractivity contribution in [1.29, 1.82) is 0 Å². The van der Waals surface area contributed by atoms with Gasteiger partial charge in [0.25, 0.3) is 0 Å². The average molecular weight is 251 g/mol. The summed E-state index contributed by atoms with van der Waals surface area (Å²) in [7, 11) is 0. The van der Waals surface area contributed by atoms with Gasteiger partial charge in [0.2, 0.25) is 0 Å². The maximum absolute atomic E-state index is 5.54. The van der Waals surface area contributed by atoms with Crippen LogP contribution in [0.2, 0.25) is 0 Å². The molecular formula is C13H25N5. The van der Waals surface area contributed by atoms with E-state index >= 15 is 0 Å². The topological polar surface area (TPSA) is 69.6 Å². The zero-order valence-electron chi connectivity index (χ0n) is 11.5. The van der Waals surface area contributed by atoms with Crippen molar-refractivity contribution in [3.8, 4) is 0 Å². The van der Waals surface area contributed by atoms with Crippen molar-refractivity contribution in [2.75, 3.05) is 6.54 Å². The molecule has 0 amide bonds. The number of aromatic nitrogens is 4. The molecule has 18 heavy (non-hydrogen) atoms. The first-order chi connectivity index (χ1) is 8.72. The van der Waals surface area contributed by atoms with Crippen molar-refractivity contribution < 1.29 is 0 Å². The van der Waals surface area contributed by atoms with Crippen molar-refractivity contribution in [2.24, 2.45) is 17.6 Å². The Morgan fingerprint density at radius 1 is 1.28 bits per heavy atom. The molecule has 0 aliphatic heterocycles. The van der Waals surface area contributed by atoms with Crippen molar-refractivity contribution in [1.82, 2.24) is 20.2 Å². The first-order valence-corrected chi connectivity index (χ1v) is 7.18. The molecule has 1 fully saturated rings. The van der Waals surface area contributed by atoms with Crippen LogP contribution in [0.5, 0.6) is 0 Å². The number of tetrazole rings is 1. The minimum atomic E-state index is 0.549. The third kappa shape index (κ3) is 3.07. The minimum Gasteiger partial charge on any atom is -0.330 e. The summed E-state index contributed by atoms with van der Waals surface area (Å²) >= 11 is 0. The van der Waals surface area contributed by atoms with E-state index in [0.29, 0.717) is 12.5 Å². The van der Waals surface area contributed by atoms with Crippen molar-refractivity contribution in [2.45, 2.75) is 58.4 Å². The number of hydrogen-bond acceptors (Lipinski definition) is 4. The van der Waals surface area contributed by atoms with Gasteiger partial charge in [-0.05, 0) is 60.9 Å². The molecule has 0 radical (unpaired) electrons. The van der Waals surface area contributed by atoms with Gasteiger partial charge in [-0.1, -0.05) is 13.8 Å². The Hall–Kier alpha value is -0.970. The van der Waals surface area contributed by atoms with Gasteiger partial charge in [-0.15, -0.1) is 5.10 Å². The first kappa shape index (κ1) is 13.5. The van der Waals surface area contributed by atoms with Crippen LogP contribution in [0.15, 0.2) is 0 Å². The lowest BCUT2D eigenvalue weighted by Crippen LogP contribution is -2.20. The highest BCUT2D eigenvalue weighted by atomic mass is 15.5. The molecule has 2 N–H and O–H groups in total. The lowest BCUT2D eigenvalue weighted by atomic mass is 9.77. The number of aryl methyl sites for hydroxylation is 1. The van der Waals surface area contributed by atoms with Gasteiger partial charge in [0.1, 0.15) is 0 Å². The lowest BCUT2D eigenvalue weighted by Gasteiger charge is -2.30. The van der Waals surface area contributed by atoms with Crippen LogP contribution in [0.3, 0.4) is 0 Å². The quantitative estimate of drug-likeness (QED) is 0.868. The smallest absolute Gasteiger partial charge is 0.154 e. The van der Waals surface area contributed by atoms with Crippen LogP contribution < -0.4 is 5.73 Å². The van der Waals surface area contributed by atoms with Gasteiger partial charge in [0, 0.05) is 12.5 Å². The Labute approximate surface area is 109 Å². The van der Waals surface area contributed by atoms with E-state index in [1.807, 2.05) is 4.68 Å². The molecule has 0 aromatic carbocycles. The van der Waals surface area contributed by atoms with Crippen LogP contribution >= 0.6 is 0 Å². The minimum absolute atomic E-state index is 0.549. The Morgan fingerprint density at radius 3 is 2.61 bits per heavy atom. The largest absolute Gasteiger partial charge is 0.330 e. The molecule has 0 spiro atoms. The summed E-state index contributed by atoms with van der Waals surface area (Å²) in [6, 6.07) is 0. The van der Waals surface area contributed by atoms with Crippen LogP contribution in [0.25, 0.3) is 0 Å². The molecule has 102 valence electrons. The Kier molecular flexibility index (Phi) is 4.69. The van der Waals surface area contributed by atoms with E-state index in [9.17, 15) is 0 Å². The third-order valence-corrected chi connectivity index (χ3v) is 4.21. The maximum Gasteiger partial charge on any atom is 0.154 e. The van der Waals surface area contributed by atoms with E-state index in [0.717, 1.165) is 30.6 Å². The molecule has 1 aliphatic rings. The fourth-order valence-corrected chi connectivity index (χ4v) is 2.95. The Morgan fingerprint density at radius 2 is 2.00 bits per heavy atom. The first-order valence-electron chi connectivity index (χ1n) is 7.18. The molecule has 5 heteroatoms. The molecular weight excluding hydrogens is 226 g/mol. The average Bonchev–Trinajstić information content (AvgIpc) is 2.84. The molecule has 1 aromatic rings. The predicted octanol–water partition coefficient (Wildman–Crippen LogP) is 1.95. The second kappa shape index (κ2) is 6.27. The highest BCUT2D eigenvalue weighted by molar-refractivity contribution is 4.96. The second-order valence-corrected chi connectivity index (χ2v) is 5.76. The molecule has 1 heterocycles. The summed E-state index contributed by atoms with van der Waals surface area (Å²) in [6.45, 7) is 6.20. The van der Waals surface area contributed by atoms with Gasteiger partial charge in [0.05, 0.1) is 0 Å². The summed E-state index contributed by atoms with van der Waals surface area (Å²) in [6.07, 6.45) is 6.02. The molecule has 0 atom stereocenters. The Bertz CT molecular complexity index is 352. The van der Waals surface area contributed by atoms with E-state index in [2.05, 4.69) is 29.4 Å². The highest BCUT2D eigenvalue weighted by Crippen LogP contribution is 2.37. The Balaban J connectivity index is 1.94. The fourth-order valence-electron chi connectivity index (χ4n) is 2.95. The molecule has 2 rings (SSSR count). The number of hydrogen-bond donors (Lipinski definition) is 1. The molecule has 5 nitrogen and oxygen atoms in total. The summed E-state index contributed by atoms with van der Waals surface area (Å²) in [5.41, 5.74) is 5.54. The van der Waals surface area contributed by atoms with E-state index in [1.165, 1.54) is 25.7 Å². The third-order valence-electron chi connectivity index (χ3n) is 4.21. The zero-order valence-corrected chi connectivity index (χ0v) is 11.5. The molecule has 1 saturated carbocycles. The van der Waals surface area contributed by atoms with E-state index in [1.54, 1.807) is 0 Å². The SMILES string of the molecule is CC(C)C1CCC(c2nnnn2CCCN)CC1. The zero-order chi connectivity index (χ0) is 13.0. The number of nitrogens with two attached hydrogens (primary N) is 1. The fraction of sp³-hybridized carbons (Fsp3) is 0.923. The van der Waals surface area contributed by atoms with Crippen LogP contribution in [0, 0.1) is 11.8 Å². The monoisotopic (exact) mass is 251 g/mol. The number of rotatable bonds is 5. The van der Waals surface area contributed by atoms with Gasteiger partial charge < -0.3 is 5.73 Å². The van der Waals surface area contributed by atoms with Gasteiger partial charge in [-0.3, -0.25) is 0 Å². The van der Waals surface area contributed by atoms with Crippen LogP contribution in [0.1, 0.15) is 57.7 Å². The lowest BCUT2D eigenvalue weighted by molar-refractivity contribution is 0.251. The predicted molar refractivity (Wildman–Crippen MR) is 71.0 cm³/mol. The van der Waals surface area contributed by atoms with E-state index < -0.39 is 0 Å². The second-order valence-electron chi connectivity index (χ2n) is 5.76. The molecule has 0 bridgehead atoms. The summed E-state index contributed by atoms with van der Waals surface area (Å²) in [5, 5.41) is 12.1. The van der Waals surface area contributed by atoms with Gasteiger partial charge >= 0.3 is 0 Å². The summed E-state index contributed by atoms with van der Waals surface area (Å²) in [5.74, 6) is 3.31. The highest BCUT2D eigenvalue weighted by Gasteiger charge is 2.27. The van der Waals surface area contributed by atoms with Crippen molar-refractivity contribution in [3.63, 3.8) is 0 Å². The maximum atomic E-state index is 5.54. The van der Waals surface area contributed by atoms with E-state index in [-0.39, 0.29) is 0 Å². The van der Waals surface area contributed by atoms with Gasteiger partial charge in [-0.25, -0.2) is 4.68 Å². The van der Waals surface area contributed by atoms with Crippen molar-refractivity contribution >= 4 is 0 Å². The molecule has 0 unspecified atom stereocenters. The van der Waals surface area contributed by atoms with Gasteiger partial charge in [0.15, 0.2) is 5.82 Å². The van der Waals surface area contributed by atoms with E-state index in [4.69, 9.17) is 5.73 Å². The van der Waals surface area contributed by atoms with Crippen molar-refractivity contribution in [3.05, 3.63) is 5.82 Å². The number of nitrogens with zero attached hydrogens (tertiary/aromatic N) is 4. The standard InChI is InChI=1S/C13H25N5/c1-10(2)11-4-6-12(7-5-11)13-15-16-17-18(13)9-3-8-14/h10-12H,3-9,14H2,1-2H3. The van der Waals surface area contributed by atoms with Crippen LogP contribution in [-0.4, -0.2) is 26.8 Å². The van der Waals surface area contributed by atoms with Crippen LogP contribution in [0.4, 0.5) is 0 Å². The van der Waals surface area contributed by atoms with Crippen LogP contribution in [-0.2, 0) is 6.54 Å². The van der Waals surface area contributed by atoms with Gasteiger partial charge in [-0.2, -0.15) is 0 Å². The summed E-state index contributed by atoms with van der Waals surface area (Å²) < 4.78 is 1.95. The molecule has 1 aromatic heterocycles. The molecule has 0 saturated heterocycles. The molecule has 1 aliphatic carbocycles.